The number of aliphatic carboxylic acids is 1. The first-order valence-corrected chi connectivity index (χ1v) is 11.6. The molecule has 0 atom stereocenters. The zero-order valence-corrected chi connectivity index (χ0v) is 20.0. The molecule has 0 radical (unpaired) electrons. The maximum atomic E-state index is 12.9. The molecule has 0 bridgehead atoms. The summed E-state index contributed by atoms with van der Waals surface area (Å²) in [7, 11) is 1.67. The minimum atomic E-state index is -4.37. The molecule has 0 aliphatic heterocycles. The molecule has 3 rings (SSSR count). The highest BCUT2D eigenvalue weighted by atomic mass is 32.1. The number of alkyl halides is 3. The molecule has 3 aromatic rings. The number of anilines is 1. The van der Waals surface area contributed by atoms with Crippen LogP contribution in [0.3, 0.4) is 0 Å². The van der Waals surface area contributed by atoms with Crippen LogP contribution >= 0.6 is 11.3 Å². The molecule has 8 heteroatoms. The number of halogens is 3. The van der Waals surface area contributed by atoms with Crippen molar-refractivity contribution in [3.05, 3.63) is 76.2 Å². The van der Waals surface area contributed by atoms with Gasteiger partial charge in [-0.1, -0.05) is 26.0 Å². The monoisotopic (exact) mass is 489 g/mol. The molecule has 0 saturated carbocycles. The maximum absolute atomic E-state index is 12.9. The molecule has 0 unspecified atom stereocenters. The van der Waals surface area contributed by atoms with Gasteiger partial charge in [-0.05, 0) is 65.9 Å². The van der Waals surface area contributed by atoms with Gasteiger partial charge in [-0.15, -0.1) is 11.3 Å². The van der Waals surface area contributed by atoms with Gasteiger partial charge in [0.1, 0.15) is 6.54 Å². The van der Waals surface area contributed by atoms with Crippen molar-refractivity contribution >= 4 is 28.8 Å². The van der Waals surface area contributed by atoms with Crippen LogP contribution in [0.1, 0.15) is 52.5 Å². The van der Waals surface area contributed by atoms with Crippen LogP contribution in [0.5, 0.6) is 0 Å². The van der Waals surface area contributed by atoms with E-state index in [9.17, 15) is 22.8 Å². The molecule has 0 fully saturated rings. The Balaban J connectivity index is 1.72. The van der Waals surface area contributed by atoms with Crippen molar-refractivity contribution in [3.8, 4) is 10.4 Å². The highest BCUT2D eigenvalue weighted by Crippen LogP contribution is 2.37. The van der Waals surface area contributed by atoms with Crippen molar-refractivity contribution < 1.29 is 27.9 Å². The van der Waals surface area contributed by atoms with Crippen LogP contribution in [0.2, 0.25) is 0 Å². The third-order valence-electron chi connectivity index (χ3n) is 5.54. The van der Waals surface area contributed by atoms with Crippen LogP contribution in [0, 0.1) is 0 Å². The van der Waals surface area contributed by atoms with Crippen LogP contribution in [-0.4, -0.2) is 30.5 Å². The number of Topliss-reactive ketones (excluding diaryl/α,β-unsaturated/α-hetero) is 1. The lowest BCUT2D eigenvalue weighted by molar-refractivity contribution is -0.137. The third-order valence-corrected chi connectivity index (χ3v) is 6.80. The van der Waals surface area contributed by atoms with E-state index in [1.54, 1.807) is 36.2 Å². The number of carboxylic acid groups (broad SMARTS) is 1. The van der Waals surface area contributed by atoms with Crippen molar-refractivity contribution in [2.45, 2.75) is 38.8 Å². The summed E-state index contributed by atoms with van der Waals surface area (Å²) in [5, 5.41) is 8.91. The molecule has 0 spiro atoms. The molecule has 0 aliphatic rings. The molecule has 1 aromatic heterocycles. The van der Waals surface area contributed by atoms with Gasteiger partial charge in [-0.3, -0.25) is 9.59 Å². The minimum Gasteiger partial charge on any atom is -0.480 e. The first-order chi connectivity index (χ1) is 16.0. The third kappa shape index (κ3) is 6.26. The summed E-state index contributed by atoms with van der Waals surface area (Å²) in [6.45, 7) is 3.97. The molecule has 0 amide bonds. The minimum absolute atomic E-state index is 0.0216. The molecule has 180 valence electrons. The number of hydrogen-bond acceptors (Lipinski definition) is 4. The van der Waals surface area contributed by atoms with Crippen LogP contribution < -0.4 is 4.90 Å². The van der Waals surface area contributed by atoms with E-state index in [2.05, 4.69) is 13.8 Å². The Morgan fingerprint density at radius 2 is 1.65 bits per heavy atom. The Hall–Kier alpha value is -3.13. The summed E-state index contributed by atoms with van der Waals surface area (Å²) in [5.74, 6) is -0.740. The lowest BCUT2D eigenvalue weighted by atomic mass is 9.99. The second-order valence-corrected chi connectivity index (χ2v) is 9.58. The molecule has 1 heterocycles. The Kier molecular flexibility index (Phi) is 7.82. The zero-order chi connectivity index (χ0) is 25.0. The smallest absolute Gasteiger partial charge is 0.416 e. The summed E-state index contributed by atoms with van der Waals surface area (Å²) in [5.41, 5.74) is 2.40. The lowest BCUT2D eigenvalue weighted by Crippen LogP contribution is -2.25. The van der Waals surface area contributed by atoms with E-state index < -0.39 is 17.7 Å². The number of carboxylic acids is 1. The number of benzene rings is 2. The van der Waals surface area contributed by atoms with Gasteiger partial charge in [-0.25, -0.2) is 0 Å². The fourth-order valence-electron chi connectivity index (χ4n) is 3.66. The molecule has 4 nitrogen and oxygen atoms in total. The predicted molar refractivity (Wildman–Crippen MR) is 129 cm³/mol. The van der Waals surface area contributed by atoms with E-state index in [0.29, 0.717) is 24.1 Å². The molecule has 0 saturated heterocycles. The van der Waals surface area contributed by atoms with E-state index >= 15 is 0 Å². The molecular weight excluding hydrogens is 463 g/mol. The van der Waals surface area contributed by atoms with Gasteiger partial charge in [0.05, 0.1) is 5.56 Å². The Bertz CT molecular complexity index is 1150. The van der Waals surface area contributed by atoms with Crippen molar-refractivity contribution in [2.24, 2.45) is 0 Å². The summed E-state index contributed by atoms with van der Waals surface area (Å²) in [6, 6.07) is 14.0. The standard InChI is InChI=1S/C26H26F3NO3S/c1-16(2)21-14-24(18-4-8-19(9-5-18)26(27,28)29)34-23(21)13-12-22(31)17-6-10-20(11-7-17)30(3)15-25(32)33/h4-11,14,16H,12-13,15H2,1-3H3,(H,32,33). The van der Waals surface area contributed by atoms with Crippen molar-refractivity contribution in [3.63, 3.8) is 0 Å². The molecule has 2 aromatic carbocycles. The van der Waals surface area contributed by atoms with Gasteiger partial charge in [0.15, 0.2) is 5.78 Å². The van der Waals surface area contributed by atoms with Crippen molar-refractivity contribution in [2.75, 3.05) is 18.5 Å². The van der Waals surface area contributed by atoms with Crippen LogP contribution in [0.4, 0.5) is 18.9 Å². The van der Waals surface area contributed by atoms with E-state index in [1.165, 1.54) is 23.5 Å². The van der Waals surface area contributed by atoms with Gasteiger partial charge < -0.3 is 10.0 Å². The molecular formula is C26H26F3NO3S. The molecule has 34 heavy (non-hydrogen) atoms. The average Bonchev–Trinajstić information content (AvgIpc) is 3.21. The highest BCUT2D eigenvalue weighted by molar-refractivity contribution is 7.15. The summed E-state index contributed by atoms with van der Waals surface area (Å²) < 4.78 is 38.6. The van der Waals surface area contributed by atoms with Crippen LogP contribution in [0.15, 0.2) is 54.6 Å². The van der Waals surface area contributed by atoms with E-state index in [0.717, 1.165) is 33.0 Å². The van der Waals surface area contributed by atoms with E-state index in [1.807, 2.05) is 6.07 Å². The summed E-state index contributed by atoms with van der Waals surface area (Å²) >= 11 is 1.51. The quantitative estimate of drug-likeness (QED) is 0.333. The first-order valence-electron chi connectivity index (χ1n) is 10.8. The van der Waals surface area contributed by atoms with Crippen molar-refractivity contribution in [1.82, 2.24) is 0 Å². The van der Waals surface area contributed by atoms with Gasteiger partial charge in [0, 0.05) is 34.5 Å². The first kappa shape index (κ1) is 25.5. The van der Waals surface area contributed by atoms with Crippen LogP contribution in [-0.2, 0) is 17.4 Å². The van der Waals surface area contributed by atoms with Crippen LogP contribution in [0.25, 0.3) is 10.4 Å². The largest absolute Gasteiger partial charge is 0.480 e. The van der Waals surface area contributed by atoms with Gasteiger partial charge in [-0.2, -0.15) is 13.2 Å². The number of likely N-dealkylation sites (N-methyl/N-ethyl adjacent to an activating group) is 1. The van der Waals surface area contributed by atoms with E-state index in [4.69, 9.17) is 5.11 Å². The molecule has 1 N–H and O–H groups in total. The molecule has 0 aliphatic carbocycles. The second kappa shape index (κ2) is 10.4. The Morgan fingerprint density at radius 1 is 1.03 bits per heavy atom. The highest BCUT2D eigenvalue weighted by Gasteiger charge is 2.30. The lowest BCUT2D eigenvalue weighted by Gasteiger charge is -2.16. The van der Waals surface area contributed by atoms with E-state index in [-0.39, 0.29) is 18.2 Å². The summed E-state index contributed by atoms with van der Waals surface area (Å²) in [4.78, 5) is 27.1. The number of aryl methyl sites for hydroxylation is 1. The number of rotatable bonds is 9. The second-order valence-electron chi connectivity index (χ2n) is 8.44. The topological polar surface area (TPSA) is 57.6 Å². The Labute approximate surface area is 200 Å². The predicted octanol–water partition coefficient (Wildman–Crippen LogP) is 6.89. The average molecular weight is 490 g/mol. The fourth-order valence-corrected chi connectivity index (χ4v) is 4.98. The Morgan fingerprint density at radius 3 is 2.18 bits per heavy atom. The van der Waals surface area contributed by atoms with Gasteiger partial charge in [0.25, 0.3) is 0 Å². The number of nitrogens with zero attached hydrogens (tertiary/aromatic N) is 1. The normalized spacial score (nSPS) is 11.6. The maximum Gasteiger partial charge on any atom is 0.416 e. The number of ketones is 1. The fraction of sp³-hybridized carbons (Fsp3) is 0.308. The van der Waals surface area contributed by atoms with Crippen molar-refractivity contribution in [1.29, 1.82) is 0 Å². The SMILES string of the molecule is CC(C)c1cc(-c2ccc(C(F)(F)F)cc2)sc1CCC(=O)c1ccc(N(C)CC(=O)O)cc1. The van der Waals surface area contributed by atoms with Gasteiger partial charge in [0.2, 0.25) is 0 Å². The van der Waals surface area contributed by atoms with Gasteiger partial charge >= 0.3 is 12.1 Å². The zero-order valence-electron chi connectivity index (χ0n) is 19.1. The number of carbonyl (C=O) groups excluding carboxylic acids is 1. The number of thiophene rings is 1. The number of hydrogen-bond donors (Lipinski definition) is 1. The summed E-state index contributed by atoms with van der Waals surface area (Å²) in [6.07, 6.45) is -3.53. The number of carbonyl (C=O) groups is 2.